The Morgan fingerprint density at radius 1 is 1.19 bits per heavy atom. The molecule has 0 radical (unpaired) electrons. The second-order valence-corrected chi connectivity index (χ2v) is 7.41. The summed E-state index contributed by atoms with van der Waals surface area (Å²) in [6, 6.07) is 11.5. The third-order valence-electron chi connectivity index (χ3n) is 4.06. The van der Waals surface area contributed by atoms with E-state index in [0.717, 1.165) is 33.3 Å². The largest absolute Gasteiger partial charge is 0.379 e. The molecule has 2 heterocycles. The second-order valence-electron chi connectivity index (χ2n) is 6.49. The molecule has 140 valence electrons. The normalized spacial score (nSPS) is 11.0. The monoisotopic (exact) mass is 427 g/mol. The third-order valence-corrected chi connectivity index (χ3v) is 4.49. The third kappa shape index (κ3) is 5.24. The van der Waals surface area contributed by atoms with E-state index in [4.69, 9.17) is 0 Å². The minimum atomic E-state index is -0.0559. The molecular formula is C20H22BrN5O. The fraction of sp³-hybridized carbons (Fsp3) is 0.250. The molecule has 0 unspecified atom stereocenters. The predicted molar refractivity (Wildman–Crippen MR) is 112 cm³/mol. The van der Waals surface area contributed by atoms with Gasteiger partial charge in [-0.15, -0.1) is 0 Å². The van der Waals surface area contributed by atoms with Crippen LogP contribution in [0.3, 0.4) is 0 Å². The minimum absolute atomic E-state index is 0.0559. The van der Waals surface area contributed by atoms with Crippen molar-refractivity contribution in [2.75, 3.05) is 32.5 Å². The number of nitrogens with zero attached hydrogens (tertiary/aromatic N) is 3. The molecule has 1 aromatic carbocycles. The van der Waals surface area contributed by atoms with Crippen molar-refractivity contribution < 1.29 is 4.79 Å². The second kappa shape index (κ2) is 8.92. The van der Waals surface area contributed by atoms with Crippen molar-refractivity contribution in [3.63, 3.8) is 0 Å². The molecule has 7 heteroatoms. The van der Waals surface area contributed by atoms with Gasteiger partial charge in [-0.2, -0.15) is 0 Å². The van der Waals surface area contributed by atoms with Crippen LogP contribution in [0.2, 0.25) is 0 Å². The molecule has 0 atom stereocenters. The number of hydrogen-bond acceptors (Lipinski definition) is 5. The van der Waals surface area contributed by atoms with Crippen LogP contribution in [0, 0.1) is 0 Å². The van der Waals surface area contributed by atoms with Crippen molar-refractivity contribution in [1.82, 2.24) is 20.2 Å². The average molecular weight is 428 g/mol. The number of fused-ring (bicyclic) bond motifs is 1. The van der Waals surface area contributed by atoms with Crippen molar-refractivity contribution in [2.24, 2.45) is 0 Å². The van der Waals surface area contributed by atoms with Gasteiger partial charge >= 0.3 is 0 Å². The van der Waals surface area contributed by atoms with E-state index in [1.54, 1.807) is 12.4 Å². The number of pyridine rings is 2. The maximum atomic E-state index is 12.3. The summed E-state index contributed by atoms with van der Waals surface area (Å²) in [6.07, 6.45) is 3.52. The Kier molecular flexibility index (Phi) is 6.36. The number of carbonyl (C=O) groups is 1. The van der Waals surface area contributed by atoms with E-state index < -0.39 is 0 Å². The first-order valence-corrected chi connectivity index (χ1v) is 9.48. The average Bonchev–Trinajstić information content (AvgIpc) is 2.66. The van der Waals surface area contributed by atoms with E-state index >= 15 is 0 Å². The van der Waals surface area contributed by atoms with E-state index in [-0.39, 0.29) is 5.91 Å². The van der Waals surface area contributed by atoms with Gasteiger partial charge in [0.25, 0.3) is 5.91 Å². The number of carbonyl (C=O) groups excluding carboxylic acids is 1. The van der Waals surface area contributed by atoms with Crippen molar-refractivity contribution >= 4 is 38.6 Å². The van der Waals surface area contributed by atoms with Crippen LogP contribution in [-0.4, -0.2) is 48.0 Å². The zero-order chi connectivity index (χ0) is 19.2. The van der Waals surface area contributed by atoms with Crippen LogP contribution >= 0.6 is 15.9 Å². The van der Waals surface area contributed by atoms with Gasteiger partial charge in [0.05, 0.1) is 11.2 Å². The molecule has 27 heavy (non-hydrogen) atoms. The molecule has 3 rings (SSSR count). The highest BCUT2D eigenvalue weighted by Crippen LogP contribution is 2.22. The molecule has 0 spiro atoms. The number of aromatic nitrogens is 2. The Balaban J connectivity index is 1.68. The molecule has 0 aliphatic rings. The van der Waals surface area contributed by atoms with Gasteiger partial charge in [0.15, 0.2) is 0 Å². The predicted octanol–water partition coefficient (Wildman–Crippen LogP) is 3.30. The molecule has 3 aromatic rings. The van der Waals surface area contributed by atoms with Gasteiger partial charge in [-0.3, -0.25) is 14.8 Å². The molecule has 0 bridgehead atoms. The van der Waals surface area contributed by atoms with Gasteiger partial charge in [-0.1, -0.05) is 12.1 Å². The van der Waals surface area contributed by atoms with Crippen LogP contribution in [0.4, 0.5) is 5.69 Å². The number of halogens is 1. The molecule has 0 saturated heterocycles. The number of benzene rings is 1. The highest BCUT2D eigenvalue weighted by molar-refractivity contribution is 9.10. The van der Waals surface area contributed by atoms with Crippen molar-refractivity contribution in [3.8, 4) is 0 Å². The van der Waals surface area contributed by atoms with E-state index in [1.807, 2.05) is 55.4 Å². The smallest absolute Gasteiger partial charge is 0.251 e. The Hall–Kier alpha value is -2.51. The molecule has 0 saturated carbocycles. The van der Waals surface area contributed by atoms with Gasteiger partial charge in [-0.05, 0) is 59.9 Å². The van der Waals surface area contributed by atoms with Gasteiger partial charge in [0, 0.05) is 42.1 Å². The van der Waals surface area contributed by atoms with Crippen LogP contribution in [0.5, 0.6) is 0 Å². The summed E-state index contributed by atoms with van der Waals surface area (Å²) in [5, 5.41) is 6.33. The molecule has 0 fully saturated rings. The van der Waals surface area contributed by atoms with Crippen LogP contribution < -0.4 is 10.6 Å². The van der Waals surface area contributed by atoms with Crippen molar-refractivity contribution in [3.05, 3.63) is 64.4 Å². The Bertz CT molecular complexity index is 945. The number of nitrogens with one attached hydrogen (secondary N) is 2. The maximum absolute atomic E-state index is 12.3. The molecule has 2 aromatic heterocycles. The summed E-state index contributed by atoms with van der Waals surface area (Å²) in [4.78, 5) is 23.1. The minimum Gasteiger partial charge on any atom is -0.379 e. The summed E-state index contributed by atoms with van der Waals surface area (Å²) in [5.74, 6) is -0.0559. The summed E-state index contributed by atoms with van der Waals surface area (Å²) in [6.45, 7) is 2.03. The van der Waals surface area contributed by atoms with Crippen LogP contribution in [0.15, 0.2) is 53.3 Å². The lowest BCUT2D eigenvalue weighted by Crippen LogP contribution is -2.31. The lowest BCUT2D eigenvalue weighted by Gasteiger charge is -2.12. The SMILES string of the molecule is CN(C)CCNC(=O)c1cccc(CNc2ccnc3cc(Br)cnc23)c1. The maximum Gasteiger partial charge on any atom is 0.251 e. The quantitative estimate of drug-likeness (QED) is 0.605. The topological polar surface area (TPSA) is 70.2 Å². The zero-order valence-corrected chi connectivity index (χ0v) is 17.0. The Morgan fingerprint density at radius 2 is 2.04 bits per heavy atom. The summed E-state index contributed by atoms with van der Waals surface area (Å²) in [5.41, 5.74) is 4.24. The molecule has 6 nitrogen and oxygen atoms in total. The molecule has 1 amide bonds. The van der Waals surface area contributed by atoms with E-state index in [0.29, 0.717) is 18.7 Å². The fourth-order valence-corrected chi connectivity index (χ4v) is 2.98. The van der Waals surface area contributed by atoms with E-state index in [1.165, 1.54) is 0 Å². The fourth-order valence-electron chi connectivity index (χ4n) is 2.66. The van der Waals surface area contributed by atoms with E-state index in [2.05, 4.69) is 36.5 Å². The zero-order valence-electron chi connectivity index (χ0n) is 15.4. The first-order valence-electron chi connectivity index (χ1n) is 8.69. The molecular weight excluding hydrogens is 406 g/mol. The first kappa shape index (κ1) is 19.3. The molecule has 2 N–H and O–H groups in total. The molecule has 0 aliphatic carbocycles. The highest BCUT2D eigenvalue weighted by Gasteiger charge is 2.07. The van der Waals surface area contributed by atoms with Gasteiger partial charge in [0.1, 0.15) is 5.52 Å². The molecule has 0 aliphatic heterocycles. The van der Waals surface area contributed by atoms with Gasteiger partial charge < -0.3 is 15.5 Å². The van der Waals surface area contributed by atoms with Gasteiger partial charge in [-0.25, -0.2) is 0 Å². The van der Waals surface area contributed by atoms with E-state index in [9.17, 15) is 4.79 Å². The van der Waals surface area contributed by atoms with Crippen molar-refractivity contribution in [1.29, 1.82) is 0 Å². The number of rotatable bonds is 7. The summed E-state index contributed by atoms with van der Waals surface area (Å²) in [7, 11) is 3.96. The van der Waals surface area contributed by atoms with Crippen molar-refractivity contribution in [2.45, 2.75) is 6.54 Å². The van der Waals surface area contributed by atoms with Crippen LogP contribution in [0.25, 0.3) is 11.0 Å². The van der Waals surface area contributed by atoms with Gasteiger partial charge in [0.2, 0.25) is 0 Å². The lowest BCUT2D eigenvalue weighted by atomic mass is 10.1. The Morgan fingerprint density at radius 3 is 2.85 bits per heavy atom. The van der Waals surface area contributed by atoms with Crippen LogP contribution in [-0.2, 0) is 6.54 Å². The number of amides is 1. The first-order chi connectivity index (χ1) is 13.0. The highest BCUT2D eigenvalue weighted by atomic mass is 79.9. The summed E-state index contributed by atoms with van der Waals surface area (Å²) >= 11 is 3.42. The Labute approximate surface area is 167 Å². The number of likely N-dealkylation sites (N-methyl/N-ethyl adjacent to an activating group) is 1. The number of hydrogen-bond donors (Lipinski definition) is 2. The summed E-state index contributed by atoms with van der Waals surface area (Å²) < 4.78 is 0.896. The number of anilines is 1. The van der Waals surface area contributed by atoms with Crippen LogP contribution in [0.1, 0.15) is 15.9 Å². The lowest BCUT2D eigenvalue weighted by molar-refractivity contribution is 0.0951. The standard InChI is InChI=1S/C20H22BrN5O/c1-26(2)9-8-23-20(27)15-5-3-4-14(10-15)12-24-17-6-7-22-18-11-16(21)13-25-19(17)18/h3-7,10-11,13H,8-9,12H2,1-2H3,(H,22,24)(H,23,27).